The van der Waals surface area contributed by atoms with Crippen LogP contribution in [0, 0.1) is 11.2 Å². The van der Waals surface area contributed by atoms with Crippen LogP contribution in [0.5, 0.6) is 5.75 Å². The lowest BCUT2D eigenvalue weighted by Gasteiger charge is -2.47. The molecule has 166 valence electrons. The lowest BCUT2D eigenvalue weighted by molar-refractivity contribution is -0.157. The van der Waals surface area contributed by atoms with Crippen molar-refractivity contribution in [3.8, 4) is 16.9 Å². The highest BCUT2D eigenvalue weighted by molar-refractivity contribution is 6.33. The quantitative estimate of drug-likeness (QED) is 0.550. The Kier molecular flexibility index (Phi) is 5.51. The molecule has 0 aliphatic carbocycles. The molecule has 0 saturated carbocycles. The molecule has 5 rings (SSSR count). The average molecular weight is 455 g/mol. The van der Waals surface area contributed by atoms with Gasteiger partial charge in [-0.1, -0.05) is 11.6 Å². The molecule has 0 bridgehead atoms. The number of hydrogen-bond donors (Lipinski definition) is 0. The molecule has 2 saturated heterocycles. The van der Waals surface area contributed by atoms with Gasteiger partial charge in [-0.25, -0.2) is 4.39 Å². The molecule has 0 N–H and O–H groups in total. The highest BCUT2D eigenvalue weighted by Crippen LogP contribution is 2.38. The van der Waals surface area contributed by atoms with Crippen LogP contribution in [0.4, 0.5) is 4.39 Å². The number of aromatic nitrogens is 1. The van der Waals surface area contributed by atoms with Gasteiger partial charge in [0.05, 0.1) is 23.8 Å². The van der Waals surface area contributed by atoms with E-state index in [2.05, 4.69) is 4.98 Å². The SMILES string of the molecule is C[C@@H](Oc1ccc2c(-c3ccc(F)cc3Cl)ccnc2c1)C(=O)N1CCC2(CC1)COC2. The largest absolute Gasteiger partial charge is 0.481 e. The van der Waals surface area contributed by atoms with E-state index in [9.17, 15) is 9.18 Å². The summed E-state index contributed by atoms with van der Waals surface area (Å²) in [6.07, 6.45) is 3.07. The molecular formula is C25H24ClFN2O3. The molecule has 3 aromatic rings. The first-order valence-electron chi connectivity index (χ1n) is 10.8. The highest BCUT2D eigenvalue weighted by Gasteiger charge is 2.42. The van der Waals surface area contributed by atoms with Crippen molar-refractivity contribution >= 4 is 28.4 Å². The summed E-state index contributed by atoms with van der Waals surface area (Å²) in [5, 5.41) is 1.21. The van der Waals surface area contributed by atoms with Crippen molar-refractivity contribution in [2.45, 2.75) is 25.9 Å². The van der Waals surface area contributed by atoms with E-state index in [1.807, 2.05) is 29.2 Å². The predicted octanol–water partition coefficient (Wildman–Crippen LogP) is 5.10. The third kappa shape index (κ3) is 3.93. The molecule has 2 aliphatic heterocycles. The average Bonchev–Trinajstić information content (AvgIpc) is 2.77. The predicted molar refractivity (Wildman–Crippen MR) is 121 cm³/mol. The van der Waals surface area contributed by atoms with E-state index in [-0.39, 0.29) is 17.1 Å². The fourth-order valence-electron chi connectivity index (χ4n) is 4.54. The minimum atomic E-state index is -0.589. The molecule has 1 aromatic heterocycles. The monoisotopic (exact) mass is 454 g/mol. The third-order valence-corrected chi connectivity index (χ3v) is 6.86. The van der Waals surface area contributed by atoms with Gasteiger partial charge in [0.1, 0.15) is 11.6 Å². The topological polar surface area (TPSA) is 51.7 Å². The number of likely N-dealkylation sites (tertiary alicyclic amines) is 1. The van der Waals surface area contributed by atoms with Crippen LogP contribution in [0.1, 0.15) is 19.8 Å². The molecule has 2 aromatic carbocycles. The molecule has 0 radical (unpaired) electrons. The van der Waals surface area contributed by atoms with Gasteiger partial charge in [-0.3, -0.25) is 9.78 Å². The van der Waals surface area contributed by atoms with Crippen LogP contribution in [-0.2, 0) is 9.53 Å². The zero-order valence-electron chi connectivity index (χ0n) is 17.8. The van der Waals surface area contributed by atoms with E-state index in [1.54, 1.807) is 19.2 Å². The number of amides is 1. The normalized spacial score (nSPS) is 18.4. The van der Waals surface area contributed by atoms with Crippen molar-refractivity contribution in [3.63, 3.8) is 0 Å². The number of piperidine rings is 1. The zero-order chi connectivity index (χ0) is 22.3. The van der Waals surface area contributed by atoms with Gasteiger partial charge in [-0.2, -0.15) is 0 Å². The van der Waals surface area contributed by atoms with Crippen LogP contribution >= 0.6 is 11.6 Å². The summed E-state index contributed by atoms with van der Waals surface area (Å²) in [5.74, 6) is 0.199. The van der Waals surface area contributed by atoms with E-state index in [0.717, 1.165) is 55.7 Å². The van der Waals surface area contributed by atoms with Gasteiger partial charge in [0, 0.05) is 41.7 Å². The number of halogens is 2. The number of carbonyl (C=O) groups is 1. The standard InChI is InChI=1S/C25H24ClFN2O3/c1-16(24(30)29-10-7-25(8-11-29)14-31-15-25)32-18-3-5-21-19(6-9-28-23(21)13-18)20-4-2-17(27)12-22(20)26/h2-6,9,12-13,16H,7-8,10-11,14-15H2,1H3/t16-/m1/s1. The molecule has 1 spiro atoms. The van der Waals surface area contributed by atoms with Gasteiger partial charge >= 0.3 is 0 Å². The second-order valence-electron chi connectivity index (χ2n) is 8.74. The van der Waals surface area contributed by atoms with Crippen LogP contribution in [0.15, 0.2) is 48.7 Å². The molecule has 1 amide bonds. The van der Waals surface area contributed by atoms with E-state index in [4.69, 9.17) is 21.1 Å². The van der Waals surface area contributed by atoms with Gasteiger partial charge in [0.25, 0.3) is 5.91 Å². The minimum Gasteiger partial charge on any atom is -0.481 e. The van der Waals surface area contributed by atoms with Crippen molar-refractivity contribution in [2.75, 3.05) is 26.3 Å². The number of fused-ring (bicyclic) bond motifs is 1. The first-order chi connectivity index (χ1) is 15.4. The number of ether oxygens (including phenoxy) is 2. The van der Waals surface area contributed by atoms with Gasteiger partial charge < -0.3 is 14.4 Å². The fourth-order valence-corrected chi connectivity index (χ4v) is 4.81. The number of rotatable bonds is 4. The maximum atomic E-state index is 13.5. The molecule has 1 atom stereocenters. The van der Waals surface area contributed by atoms with Crippen LogP contribution < -0.4 is 4.74 Å². The molecule has 3 heterocycles. The van der Waals surface area contributed by atoms with E-state index in [0.29, 0.717) is 16.3 Å². The van der Waals surface area contributed by atoms with E-state index in [1.165, 1.54) is 12.1 Å². The van der Waals surface area contributed by atoms with Gasteiger partial charge in [-0.15, -0.1) is 0 Å². The smallest absolute Gasteiger partial charge is 0.263 e. The Morgan fingerprint density at radius 1 is 1.16 bits per heavy atom. The van der Waals surface area contributed by atoms with Crippen LogP contribution in [-0.4, -0.2) is 48.2 Å². The summed E-state index contributed by atoms with van der Waals surface area (Å²) < 4.78 is 24.8. The van der Waals surface area contributed by atoms with Crippen LogP contribution in [0.3, 0.4) is 0 Å². The first-order valence-corrected chi connectivity index (χ1v) is 11.2. The van der Waals surface area contributed by atoms with E-state index >= 15 is 0 Å². The van der Waals surface area contributed by atoms with Crippen LogP contribution in [0.25, 0.3) is 22.0 Å². The molecule has 7 heteroatoms. The Morgan fingerprint density at radius 2 is 1.94 bits per heavy atom. The lowest BCUT2D eigenvalue weighted by Crippen LogP contribution is -2.53. The second-order valence-corrected chi connectivity index (χ2v) is 9.15. The number of pyridine rings is 1. The van der Waals surface area contributed by atoms with Gasteiger partial charge in [0.15, 0.2) is 6.10 Å². The number of carbonyl (C=O) groups excluding carboxylic acids is 1. The second kappa shape index (κ2) is 8.34. The first kappa shape index (κ1) is 21.2. The summed E-state index contributed by atoms with van der Waals surface area (Å²) >= 11 is 6.27. The zero-order valence-corrected chi connectivity index (χ0v) is 18.6. The van der Waals surface area contributed by atoms with Crippen molar-refractivity contribution in [2.24, 2.45) is 5.41 Å². The van der Waals surface area contributed by atoms with Gasteiger partial charge in [-0.05, 0) is 61.7 Å². The Hall–Kier alpha value is -2.70. The minimum absolute atomic E-state index is 0.00000679. The van der Waals surface area contributed by atoms with Gasteiger partial charge in [0.2, 0.25) is 0 Å². The maximum Gasteiger partial charge on any atom is 0.263 e. The third-order valence-electron chi connectivity index (χ3n) is 6.55. The number of hydrogen-bond acceptors (Lipinski definition) is 4. The molecule has 2 fully saturated rings. The summed E-state index contributed by atoms with van der Waals surface area (Å²) in [4.78, 5) is 19.2. The number of nitrogens with zero attached hydrogens (tertiary/aromatic N) is 2. The Balaban J connectivity index is 1.32. The summed E-state index contributed by atoms with van der Waals surface area (Å²) in [7, 11) is 0. The molecular weight excluding hydrogens is 431 g/mol. The summed E-state index contributed by atoms with van der Waals surface area (Å²) in [6, 6.07) is 11.7. The van der Waals surface area contributed by atoms with Crippen LogP contribution in [0.2, 0.25) is 5.02 Å². The van der Waals surface area contributed by atoms with Crippen molar-refractivity contribution in [1.29, 1.82) is 0 Å². The number of benzene rings is 2. The van der Waals surface area contributed by atoms with Crippen molar-refractivity contribution in [3.05, 3.63) is 59.5 Å². The molecule has 5 nitrogen and oxygen atoms in total. The lowest BCUT2D eigenvalue weighted by atomic mass is 9.77. The highest BCUT2D eigenvalue weighted by atomic mass is 35.5. The Labute approximate surface area is 191 Å². The maximum absolute atomic E-state index is 13.5. The Bertz CT molecular complexity index is 1170. The summed E-state index contributed by atoms with van der Waals surface area (Å²) in [6.45, 7) is 4.91. The summed E-state index contributed by atoms with van der Waals surface area (Å²) in [5.41, 5.74) is 2.59. The van der Waals surface area contributed by atoms with E-state index < -0.39 is 6.10 Å². The van der Waals surface area contributed by atoms with Crippen molar-refractivity contribution in [1.82, 2.24) is 9.88 Å². The Morgan fingerprint density at radius 3 is 2.62 bits per heavy atom. The fraction of sp³-hybridized carbons (Fsp3) is 0.360. The molecule has 2 aliphatic rings. The molecule has 32 heavy (non-hydrogen) atoms. The molecule has 0 unspecified atom stereocenters. The van der Waals surface area contributed by atoms with Crippen molar-refractivity contribution < 1.29 is 18.7 Å².